The van der Waals surface area contributed by atoms with Gasteiger partial charge in [0.1, 0.15) is 0 Å². The fourth-order valence-corrected chi connectivity index (χ4v) is 2.25. The summed E-state index contributed by atoms with van der Waals surface area (Å²) in [5.74, 6) is 0.815. The number of rotatable bonds is 3. The average Bonchev–Trinajstić information content (AvgIpc) is 2.91. The van der Waals surface area contributed by atoms with E-state index in [9.17, 15) is 0 Å². The van der Waals surface area contributed by atoms with Crippen LogP contribution in [-0.2, 0) is 6.54 Å². The summed E-state index contributed by atoms with van der Waals surface area (Å²) in [6.07, 6.45) is 0. The Kier molecular flexibility index (Phi) is 3.29. The van der Waals surface area contributed by atoms with Gasteiger partial charge in [-0.05, 0) is 41.0 Å². The molecule has 0 atom stereocenters. The molecule has 20 heavy (non-hydrogen) atoms. The molecule has 0 aliphatic rings. The molecule has 100 valence electrons. The monoisotopic (exact) mass is 264 g/mol. The van der Waals surface area contributed by atoms with E-state index in [2.05, 4.69) is 53.6 Å². The fraction of sp³-hybridized carbons (Fsp3) is 0.188. The highest BCUT2D eigenvalue weighted by Crippen LogP contribution is 2.23. The first kappa shape index (κ1) is 12.5. The maximum absolute atomic E-state index is 4.19. The zero-order valence-electron chi connectivity index (χ0n) is 11.6. The molecule has 0 spiro atoms. The van der Waals surface area contributed by atoms with Crippen LogP contribution in [0.15, 0.2) is 48.5 Å². The van der Waals surface area contributed by atoms with Gasteiger partial charge < -0.3 is 0 Å². The SMILES string of the molecule is Cc1cccc(-c2nnnn2Cc2ccccc2)c1C. The highest BCUT2D eigenvalue weighted by atomic mass is 15.5. The van der Waals surface area contributed by atoms with Gasteiger partial charge in [0.2, 0.25) is 0 Å². The molecular formula is C16H16N4. The summed E-state index contributed by atoms with van der Waals surface area (Å²) in [4.78, 5) is 0. The molecule has 0 bridgehead atoms. The maximum atomic E-state index is 4.19. The van der Waals surface area contributed by atoms with Crippen LogP contribution < -0.4 is 0 Å². The zero-order valence-corrected chi connectivity index (χ0v) is 11.6. The van der Waals surface area contributed by atoms with Gasteiger partial charge in [-0.1, -0.05) is 48.5 Å². The van der Waals surface area contributed by atoms with Crippen LogP contribution in [0.2, 0.25) is 0 Å². The van der Waals surface area contributed by atoms with Gasteiger partial charge in [0, 0.05) is 5.56 Å². The standard InChI is InChI=1S/C16H16N4/c1-12-7-6-10-15(13(12)2)16-17-18-19-20(16)11-14-8-4-3-5-9-14/h3-10H,11H2,1-2H3. The predicted molar refractivity (Wildman–Crippen MR) is 78.3 cm³/mol. The van der Waals surface area contributed by atoms with Gasteiger partial charge in [0.05, 0.1) is 6.54 Å². The smallest absolute Gasteiger partial charge is 0.182 e. The molecule has 1 heterocycles. The van der Waals surface area contributed by atoms with Crippen LogP contribution in [-0.4, -0.2) is 20.2 Å². The molecule has 0 radical (unpaired) electrons. The lowest BCUT2D eigenvalue weighted by atomic mass is 10.0. The number of aryl methyl sites for hydroxylation is 1. The van der Waals surface area contributed by atoms with Crippen molar-refractivity contribution in [3.05, 3.63) is 65.2 Å². The van der Waals surface area contributed by atoms with Gasteiger partial charge in [-0.3, -0.25) is 0 Å². The van der Waals surface area contributed by atoms with Crippen molar-refractivity contribution in [1.82, 2.24) is 20.2 Å². The number of hydrogen-bond acceptors (Lipinski definition) is 3. The van der Waals surface area contributed by atoms with Gasteiger partial charge in [-0.25, -0.2) is 4.68 Å². The third kappa shape index (κ3) is 2.32. The molecule has 0 aliphatic carbocycles. The molecule has 4 heteroatoms. The Balaban J connectivity index is 2.00. The van der Waals surface area contributed by atoms with Crippen LogP contribution in [0.4, 0.5) is 0 Å². The number of nitrogens with zero attached hydrogens (tertiary/aromatic N) is 4. The minimum atomic E-state index is 0.677. The van der Waals surface area contributed by atoms with Crippen LogP contribution >= 0.6 is 0 Å². The van der Waals surface area contributed by atoms with E-state index >= 15 is 0 Å². The van der Waals surface area contributed by atoms with Crippen molar-refractivity contribution in [2.45, 2.75) is 20.4 Å². The van der Waals surface area contributed by atoms with Crippen molar-refractivity contribution in [3.8, 4) is 11.4 Å². The van der Waals surface area contributed by atoms with Gasteiger partial charge in [0.25, 0.3) is 0 Å². The lowest BCUT2D eigenvalue weighted by Crippen LogP contribution is -2.05. The van der Waals surface area contributed by atoms with E-state index < -0.39 is 0 Å². The van der Waals surface area contributed by atoms with E-state index in [-0.39, 0.29) is 0 Å². The first-order valence-electron chi connectivity index (χ1n) is 6.62. The lowest BCUT2D eigenvalue weighted by molar-refractivity contribution is 0.653. The van der Waals surface area contributed by atoms with Crippen molar-refractivity contribution < 1.29 is 0 Å². The first-order valence-corrected chi connectivity index (χ1v) is 6.62. The summed E-state index contributed by atoms with van der Waals surface area (Å²) in [6, 6.07) is 16.4. The Hall–Kier alpha value is -2.49. The third-order valence-corrected chi connectivity index (χ3v) is 3.55. The number of benzene rings is 2. The molecule has 0 amide bonds. The molecule has 0 fully saturated rings. The maximum Gasteiger partial charge on any atom is 0.182 e. The summed E-state index contributed by atoms with van der Waals surface area (Å²) in [5, 5.41) is 12.1. The largest absolute Gasteiger partial charge is 0.221 e. The number of aromatic nitrogens is 4. The Morgan fingerprint density at radius 3 is 2.55 bits per heavy atom. The number of tetrazole rings is 1. The molecule has 3 aromatic rings. The van der Waals surface area contributed by atoms with Crippen molar-refractivity contribution in [1.29, 1.82) is 0 Å². The zero-order chi connectivity index (χ0) is 13.9. The first-order chi connectivity index (χ1) is 9.75. The van der Waals surface area contributed by atoms with E-state index in [4.69, 9.17) is 0 Å². The topological polar surface area (TPSA) is 43.6 Å². The summed E-state index contributed by atoms with van der Waals surface area (Å²) in [7, 11) is 0. The lowest BCUT2D eigenvalue weighted by Gasteiger charge is -2.09. The summed E-state index contributed by atoms with van der Waals surface area (Å²) >= 11 is 0. The quantitative estimate of drug-likeness (QED) is 0.730. The molecule has 0 saturated heterocycles. The normalized spacial score (nSPS) is 10.7. The minimum Gasteiger partial charge on any atom is -0.221 e. The van der Waals surface area contributed by atoms with Gasteiger partial charge in [0.15, 0.2) is 5.82 Å². The second kappa shape index (κ2) is 5.25. The molecule has 3 rings (SSSR count). The molecule has 4 nitrogen and oxygen atoms in total. The molecule has 1 aromatic heterocycles. The van der Waals surface area contributed by atoms with E-state index in [0.717, 1.165) is 11.4 Å². The second-order valence-electron chi connectivity index (χ2n) is 4.89. The number of hydrogen-bond donors (Lipinski definition) is 0. The van der Waals surface area contributed by atoms with Gasteiger partial charge in [-0.15, -0.1) is 5.10 Å². The van der Waals surface area contributed by atoms with E-state index in [1.54, 1.807) is 0 Å². The Labute approximate surface area is 118 Å². The van der Waals surface area contributed by atoms with E-state index in [0.29, 0.717) is 6.54 Å². The third-order valence-electron chi connectivity index (χ3n) is 3.55. The van der Waals surface area contributed by atoms with Crippen LogP contribution in [0.1, 0.15) is 16.7 Å². The minimum absolute atomic E-state index is 0.677. The van der Waals surface area contributed by atoms with E-state index in [1.165, 1.54) is 16.7 Å². The fourth-order valence-electron chi connectivity index (χ4n) is 2.25. The second-order valence-corrected chi connectivity index (χ2v) is 4.89. The van der Waals surface area contributed by atoms with Crippen LogP contribution in [0.3, 0.4) is 0 Å². The molecule has 0 N–H and O–H groups in total. The van der Waals surface area contributed by atoms with Crippen LogP contribution in [0.5, 0.6) is 0 Å². The Morgan fingerprint density at radius 2 is 1.75 bits per heavy atom. The highest BCUT2D eigenvalue weighted by Gasteiger charge is 2.12. The summed E-state index contributed by atoms with van der Waals surface area (Å²) in [6.45, 7) is 4.88. The van der Waals surface area contributed by atoms with Gasteiger partial charge in [-0.2, -0.15) is 0 Å². The van der Waals surface area contributed by atoms with Crippen molar-refractivity contribution >= 4 is 0 Å². The van der Waals surface area contributed by atoms with Crippen molar-refractivity contribution in [2.24, 2.45) is 0 Å². The average molecular weight is 264 g/mol. The molecule has 0 aliphatic heterocycles. The van der Waals surface area contributed by atoms with Crippen LogP contribution in [0, 0.1) is 13.8 Å². The van der Waals surface area contributed by atoms with E-state index in [1.807, 2.05) is 28.9 Å². The summed E-state index contributed by atoms with van der Waals surface area (Å²) < 4.78 is 1.84. The van der Waals surface area contributed by atoms with Crippen molar-refractivity contribution in [2.75, 3.05) is 0 Å². The summed E-state index contributed by atoms with van der Waals surface area (Å²) in [5.41, 5.74) is 4.74. The highest BCUT2D eigenvalue weighted by molar-refractivity contribution is 5.61. The molecule has 0 saturated carbocycles. The predicted octanol–water partition coefficient (Wildman–Crippen LogP) is 3.01. The Bertz CT molecular complexity index is 716. The van der Waals surface area contributed by atoms with Gasteiger partial charge >= 0.3 is 0 Å². The molecule has 0 unspecified atom stereocenters. The molecule has 2 aromatic carbocycles. The Morgan fingerprint density at radius 1 is 0.950 bits per heavy atom. The molecular weight excluding hydrogens is 248 g/mol. The van der Waals surface area contributed by atoms with Crippen molar-refractivity contribution in [3.63, 3.8) is 0 Å². The van der Waals surface area contributed by atoms with Crippen LogP contribution in [0.25, 0.3) is 11.4 Å².